The van der Waals surface area contributed by atoms with Gasteiger partial charge in [0.2, 0.25) is 11.8 Å². The molecule has 138 valence electrons. The number of nitrogens with one attached hydrogen (secondary N) is 2. The standard InChI is InChI=1S/C18H28N4O3/c1-5-22(6-2)18(25)13-7-9-14(10-8-13)21-15(23)11-20-17(24)16(19)12(3)4/h7-10,12,16H,5-6,11,19H2,1-4H3,(H,20,24)(H,21,23)/t16-/m0/s1. The molecule has 0 fully saturated rings. The van der Waals surface area contributed by atoms with Crippen molar-refractivity contribution < 1.29 is 14.4 Å². The Morgan fingerprint density at radius 2 is 1.64 bits per heavy atom. The first-order chi connectivity index (χ1) is 11.8. The molecule has 1 aromatic carbocycles. The van der Waals surface area contributed by atoms with Gasteiger partial charge in [0.15, 0.2) is 0 Å². The molecule has 0 bridgehead atoms. The zero-order valence-corrected chi connectivity index (χ0v) is 15.3. The molecule has 0 aliphatic rings. The van der Waals surface area contributed by atoms with Crippen LogP contribution in [-0.2, 0) is 9.59 Å². The average Bonchev–Trinajstić information content (AvgIpc) is 2.60. The number of hydrogen-bond acceptors (Lipinski definition) is 4. The van der Waals surface area contributed by atoms with Crippen molar-refractivity contribution in [3.8, 4) is 0 Å². The van der Waals surface area contributed by atoms with E-state index < -0.39 is 6.04 Å². The molecule has 7 nitrogen and oxygen atoms in total. The van der Waals surface area contributed by atoms with Crippen molar-refractivity contribution in [1.82, 2.24) is 10.2 Å². The highest BCUT2D eigenvalue weighted by molar-refractivity contribution is 5.97. The molecule has 0 aliphatic carbocycles. The van der Waals surface area contributed by atoms with Crippen LogP contribution >= 0.6 is 0 Å². The summed E-state index contributed by atoms with van der Waals surface area (Å²) >= 11 is 0. The monoisotopic (exact) mass is 348 g/mol. The van der Waals surface area contributed by atoms with E-state index in [0.29, 0.717) is 24.3 Å². The molecule has 0 unspecified atom stereocenters. The highest BCUT2D eigenvalue weighted by Crippen LogP contribution is 2.11. The lowest BCUT2D eigenvalue weighted by molar-refractivity contribution is -0.125. The van der Waals surface area contributed by atoms with Crippen LogP contribution in [0.15, 0.2) is 24.3 Å². The first-order valence-electron chi connectivity index (χ1n) is 8.52. The Kier molecular flexibility index (Phi) is 8.07. The van der Waals surface area contributed by atoms with Crippen molar-refractivity contribution >= 4 is 23.4 Å². The van der Waals surface area contributed by atoms with E-state index in [1.54, 1.807) is 29.2 Å². The van der Waals surface area contributed by atoms with Crippen LogP contribution in [0.2, 0.25) is 0 Å². The molecule has 3 amide bonds. The Morgan fingerprint density at radius 3 is 2.12 bits per heavy atom. The number of nitrogens with two attached hydrogens (primary N) is 1. The molecule has 25 heavy (non-hydrogen) atoms. The lowest BCUT2D eigenvalue weighted by atomic mass is 10.1. The first kappa shape index (κ1) is 20.6. The molecule has 1 atom stereocenters. The average molecular weight is 348 g/mol. The van der Waals surface area contributed by atoms with E-state index >= 15 is 0 Å². The Morgan fingerprint density at radius 1 is 1.08 bits per heavy atom. The third-order valence-corrected chi connectivity index (χ3v) is 3.91. The number of anilines is 1. The van der Waals surface area contributed by atoms with E-state index in [-0.39, 0.29) is 30.2 Å². The summed E-state index contributed by atoms with van der Waals surface area (Å²) in [5, 5.41) is 5.18. The normalized spacial score (nSPS) is 11.8. The summed E-state index contributed by atoms with van der Waals surface area (Å²) in [5.74, 6) is -0.755. The van der Waals surface area contributed by atoms with Crippen molar-refractivity contribution in [2.75, 3.05) is 25.0 Å². The van der Waals surface area contributed by atoms with Gasteiger partial charge in [0.1, 0.15) is 0 Å². The number of benzene rings is 1. The molecule has 0 aromatic heterocycles. The van der Waals surface area contributed by atoms with Crippen LogP contribution in [0.5, 0.6) is 0 Å². The van der Waals surface area contributed by atoms with E-state index in [9.17, 15) is 14.4 Å². The predicted molar refractivity (Wildman–Crippen MR) is 98.1 cm³/mol. The topological polar surface area (TPSA) is 105 Å². The molecule has 0 heterocycles. The van der Waals surface area contributed by atoms with Gasteiger partial charge in [0.05, 0.1) is 12.6 Å². The Hall–Kier alpha value is -2.41. The van der Waals surface area contributed by atoms with Gasteiger partial charge >= 0.3 is 0 Å². The Labute approximate surface area is 148 Å². The number of rotatable bonds is 8. The molecular formula is C18H28N4O3. The number of nitrogens with zero attached hydrogens (tertiary/aromatic N) is 1. The van der Waals surface area contributed by atoms with E-state index in [4.69, 9.17) is 5.73 Å². The van der Waals surface area contributed by atoms with E-state index in [0.717, 1.165) is 0 Å². The van der Waals surface area contributed by atoms with Gasteiger partial charge in [-0.1, -0.05) is 13.8 Å². The zero-order valence-electron chi connectivity index (χ0n) is 15.3. The molecule has 0 saturated carbocycles. The van der Waals surface area contributed by atoms with Gasteiger partial charge in [-0.2, -0.15) is 0 Å². The number of carbonyl (C=O) groups excluding carboxylic acids is 3. The van der Waals surface area contributed by atoms with Crippen LogP contribution in [-0.4, -0.2) is 48.3 Å². The minimum atomic E-state index is -0.641. The Bertz CT molecular complexity index is 595. The van der Waals surface area contributed by atoms with E-state index in [2.05, 4.69) is 10.6 Å². The zero-order chi connectivity index (χ0) is 19.0. The summed E-state index contributed by atoms with van der Waals surface area (Å²) < 4.78 is 0. The molecule has 1 aromatic rings. The molecule has 0 spiro atoms. The predicted octanol–water partition coefficient (Wildman–Crippen LogP) is 1.21. The first-order valence-corrected chi connectivity index (χ1v) is 8.52. The van der Waals surface area contributed by atoms with Gasteiger partial charge in [0, 0.05) is 24.3 Å². The van der Waals surface area contributed by atoms with Crippen LogP contribution in [0, 0.1) is 5.92 Å². The summed E-state index contributed by atoms with van der Waals surface area (Å²) in [5.41, 5.74) is 6.84. The fourth-order valence-corrected chi connectivity index (χ4v) is 2.18. The van der Waals surface area contributed by atoms with Crippen molar-refractivity contribution in [1.29, 1.82) is 0 Å². The molecule has 0 radical (unpaired) electrons. The lowest BCUT2D eigenvalue weighted by Gasteiger charge is -2.18. The maximum atomic E-state index is 12.2. The maximum Gasteiger partial charge on any atom is 0.253 e. The molecule has 0 aliphatic heterocycles. The highest BCUT2D eigenvalue weighted by Gasteiger charge is 2.17. The molecular weight excluding hydrogens is 320 g/mol. The number of carbonyl (C=O) groups is 3. The summed E-state index contributed by atoms with van der Waals surface area (Å²) in [4.78, 5) is 37.5. The van der Waals surface area contributed by atoms with Gasteiger partial charge in [-0.05, 0) is 44.0 Å². The second-order valence-electron chi connectivity index (χ2n) is 6.09. The van der Waals surface area contributed by atoms with Crippen LogP contribution in [0.3, 0.4) is 0 Å². The third kappa shape index (κ3) is 6.19. The fraction of sp³-hybridized carbons (Fsp3) is 0.500. The van der Waals surface area contributed by atoms with Crippen LogP contribution in [0.25, 0.3) is 0 Å². The smallest absolute Gasteiger partial charge is 0.253 e. The molecule has 0 saturated heterocycles. The summed E-state index contributed by atoms with van der Waals surface area (Å²) in [6.07, 6.45) is 0. The van der Waals surface area contributed by atoms with Crippen molar-refractivity contribution in [2.45, 2.75) is 33.7 Å². The van der Waals surface area contributed by atoms with Crippen molar-refractivity contribution in [2.24, 2.45) is 11.7 Å². The molecule has 1 rings (SSSR count). The van der Waals surface area contributed by atoms with Crippen molar-refractivity contribution in [3.63, 3.8) is 0 Å². The maximum absolute atomic E-state index is 12.2. The van der Waals surface area contributed by atoms with Gasteiger partial charge in [-0.25, -0.2) is 0 Å². The summed E-state index contributed by atoms with van der Waals surface area (Å²) in [6.45, 7) is 8.67. The quantitative estimate of drug-likeness (QED) is 0.656. The summed E-state index contributed by atoms with van der Waals surface area (Å²) in [7, 11) is 0. The van der Waals surface area contributed by atoms with Crippen LogP contribution in [0.4, 0.5) is 5.69 Å². The second-order valence-corrected chi connectivity index (χ2v) is 6.09. The number of hydrogen-bond donors (Lipinski definition) is 3. The second kappa shape index (κ2) is 9.78. The van der Waals surface area contributed by atoms with Gasteiger partial charge in [-0.15, -0.1) is 0 Å². The summed E-state index contributed by atoms with van der Waals surface area (Å²) in [6, 6.07) is 6.03. The minimum absolute atomic E-state index is 0.000973. The van der Waals surface area contributed by atoms with Crippen molar-refractivity contribution in [3.05, 3.63) is 29.8 Å². The Balaban J connectivity index is 2.56. The largest absolute Gasteiger partial charge is 0.346 e. The van der Waals surface area contributed by atoms with Gasteiger partial charge in [0.25, 0.3) is 5.91 Å². The highest BCUT2D eigenvalue weighted by atomic mass is 16.2. The third-order valence-electron chi connectivity index (χ3n) is 3.91. The van der Waals surface area contributed by atoms with Gasteiger partial charge in [-0.3, -0.25) is 14.4 Å². The molecule has 4 N–H and O–H groups in total. The van der Waals surface area contributed by atoms with Crippen LogP contribution in [0.1, 0.15) is 38.1 Å². The SMILES string of the molecule is CCN(CC)C(=O)c1ccc(NC(=O)CNC(=O)[C@@H](N)C(C)C)cc1. The fourth-order valence-electron chi connectivity index (χ4n) is 2.18. The van der Waals surface area contributed by atoms with Crippen LogP contribution < -0.4 is 16.4 Å². The van der Waals surface area contributed by atoms with E-state index in [1.165, 1.54) is 0 Å². The lowest BCUT2D eigenvalue weighted by Crippen LogP contribution is -2.46. The number of amides is 3. The van der Waals surface area contributed by atoms with Gasteiger partial charge < -0.3 is 21.3 Å². The molecule has 7 heteroatoms. The van der Waals surface area contributed by atoms with E-state index in [1.807, 2.05) is 27.7 Å². The minimum Gasteiger partial charge on any atom is -0.346 e.